The number of hydrazone groups is 1. The van der Waals surface area contributed by atoms with Gasteiger partial charge in [0.2, 0.25) is 0 Å². The van der Waals surface area contributed by atoms with Crippen LogP contribution in [0.15, 0.2) is 47.6 Å². The van der Waals surface area contributed by atoms with Crippen LogP contribution in [0.4, 0.5) is 0 Å². The molecule has 0 saturated heterocycles. The molecule has 0 aromatic heterocycles. The van der Waals surface area contributed by atoms with Crippen molar-refractivity contribution in [2.45, 2.75) is 6.92 Å². The highest BCUT2D eigenvalue weighted by Gasteiger charge is 2.11. The second kappa shape index (κ2) is 5.96. The quantitative estimate of drug-likeness (QED) is 0.511. The van der Waals surface area contributed by atoms with Crippen LogP contribution < -0.4 is 5.43 Å². The third kappa shape index (κ3) is 3.30. The molecule has 0 spiro atoms. The van der Waals surface area contributed by atoms with E-state index in [1.807, 2.05) is 0 Å². The second-order valence-electron chi connectivity index (χ2n) is 4.36. The van der Waals surface area contributed by atoms with Gasteiger partial charge in [0.1, 0.15) is 17.2 Å². The van der Waals surface area contributed by atoms with E-state index in [-0.39, 0.29) is 28.5 Å². The van der Waals surface area contributed by atoms with Gasteiger partial charge >= 0.3 is 0 Å². The van der Waals surface area contributed by atoms with Gasteiger partial charge in [0.05, 0.1) is 11.3 Å². The third-order valence-electron chi connectivity index (χ3n) is 2.84. The van der Waals surface area contributed by atoms with Crippen LogP contribution in [0.1, 0.15) is 22.8 Å². The number of rotatable bonds is 3. The Morgan fingerprint density at radius 3 is 2.14 bits per heavy atom. The highest BCUT2D eigenvalue weighted by Crippen LogP contribution is 2.26. The number of carbonyl (C=O) groups is 1. The van der Waals surface area contributed by atoms with Gasteiger partial charge in [-0.05, 0) is 43.3 Å². The lowest BCUT2D eigenvalue weighted by atomic mass is 10.1. The lowest BCUT2D eigenvalue weighted by Crippen LogP contribution is -2.19. The molecule has 0 aliphatic carbocycles. The average molecular weight is 286 g/mol. The largest absolute Gasteiger partial charge is 0.508 e. The Morgan fingerprint density at radius 2 is 1.57 bits per heavy atom. The number of phenolic OH excluding ortho intramolecular Hbond substituents is 3. The molecule has 0 aliphatic heterocycles. The molecule has 0 radical (unpaired) electrons. The normalized spacial score (nSPS) is 11.2. The maximum Gasteiger partial charge on any atom is 0.271 e. The van der Waals surface area contributed by atoms with Gasteiger partial charge < -0.3 is 15.3 Å². The predicted molar refractivity (Wildman–Crippen MR) is 77.6 cm³/mol. The topological polar surface area (TPSA) is 102 Å². The number of nitrogens with zero attached hydrogens (tertiary/aromatic N) is 1. The molecule has 2 aromatic rings. The summed E-state index contributed by atoms with van der Waals surface area (Å²) >= 11 is 0. The van der Waals surface area contributed by atoms with Crippen LogP contribution in [0.5, 0.6) is 17.2 Å². The summed E-state index contributed by atoms with van der Waals surface area (Å²) in [7, 11) is 0. The SMILES string of the molecule is CC(=NNC(=O)c1ccc(O)cc1)c1c(O)cccc1O. The van der Waals surface area contributed by atoms with Crippen molar-refractivity contribution in [3.63, 3.8) is 0 Å². The molecule has 2 rings (SSSR count). The van der Waals surface area contributed by atoms with Gasteiger partial charge in [-0.3, -0.25) is 4.79 Å². The Labute approximate surface area is 121 Å². The first-order valence-electron chi connectivity index (χ1n) is 6.14. The Morgan fingerprint density at radius 1 is 1.00 bits per heavy atom. The van der Waals surface area contributed by atoms with E-state index in [2.05, 4.69) is 10.5 Å². The lowest BCUT2D eigenvalue weighted by molar-refractivity contribution is 0.0954. The van der Waals surface area contributed by atoms with Crippen LogP contribution in [-0.2, 0) is 0 Å². The highest BCUT2D eigenvalue weighted by atomic mass is 16.3. The van der Waals surface area contributed by atoms with Crippen molar-refractivity contribution in [1.29, 1.82) is 0 Å². The van der Waals surface area contributed by atoms with Gasteiger partial charge in [-0.1, -0.05) is 6.07 Å². The van der Waals surface area contributed by atoms with E-state index in [0.29, 0.717) is 5.56 Å². The number of hydrogen-bond donors (Lipinski definition) is 4. The molecule has 0 fully saturated rings. The summed E-state index contributed by atoms with van der Waals surface area (Å²) in [6.07, 6.45) is 0. The van der Waals surface area contributed by atoms with Crippen LogP contribution in [0.2, 0.25) is 0 Å². The zero-order chi connectivity index (χ0) is 15.4. The summed E-state index contributed by atoms with van der Waals surface area (Å²) in [6, 6.07) is 10.0. The molecule has 21 heavy (non-hydrogen) atoms. The molecular formula is C15H14N2O4. The van der Waals surface area contributed by atoms with Crippen molar-refractivity contribution in [3.05, 3.63) is 53.6 Å². The fraction of sp³-hybridized carbons (Fsp3) is 0.0667. The van der Waals surface area contributed by atoms with E-state index >= 15 is 0 Å². The smallest absolute Gasteiger partial charge is 0.271 e. The molecular weight excluding hydrogens is 272 g/mol. The molecule has 0 heterocycles. The summed E-state index contributed by atoms with van der Waals surface area (Å²) in [4.78, 5) is 11.8. The number of carbonyl (C=O) groups excluding carboxylic acids is 1. The van der Waals surface area contributed by atoms with Gasteiger partial charge in [0.25, 0.3) is 5.91 Å². The number of nitrogens with one attached hydrogen (secondary N) is 1. The summed E-state index contributed by atoms with van der Waals surface area (Å²) in [5.74, 6) is -0.667. The van der Waals surface area contributed by atoms with E-state index in [4.69, 9.17) is 5.11 Å². The Bertz CT molecular complexity index is 673. The maximum atomic E-state index is 11.8. The molecule has 0 aliphatic rings. The maximum absolute atomic E-state index is 11.8. The molecule has 6 nitrogen and oxygen atoms in total. The molecule has 0 unspecified atom stereocenters. The molecule has 108 valence electrons. The zero-order valence-corrected chi connectivity index (χ0v) is 11.2. The molecule has 1 amide bonds. The minimum Gasteiger partial charge on any atom is -0.508 e. The summed E-state index contributed by atoms with van der Waals surface area (Å²) < 4.78 is 0. The zero-order valence-electron chi connectivity index (χ0n) is 11.2. The van der Waals surface area contributed by atoms with Crippen molar-refractivity contribution in [2.75, 3.05) is 0 Å². The van der Waals surface area contributed by atoms with Gasteiger partial charge in [-0.2, -0.15) is 5.10 Å². The van der Waals surface area contributed by atoms with Crippen molar-refractivity contribution in [1.82, 2.24) is 5.43 Å². The van der Waals surface area contributed by atoms with Crippen molar-refractivity contribution in [2.24, 2.45) is 5.10 Å². The summed E-state index contributed by atoms with van der Waals surface area (Å²) in [5, 5.41) is 32.4. The molecule has 4 N–H and O–H groups in total. The van der Waals surface area contributed by atoms with E-state index in [1.165, 1.54) is 42.5 Å². The van der Waals surface area contributed by atoms with Crippen LogP contribution >= 0.6 is 0 Å². The number of amides is 1. The van der Waals surface area contributed by atoms with E-state index in [9.17, 15) is 15.0 Å². The van der Waals surface area contributed by atoms with Crippen LogP contribution in [-0.4, -0.2) is 26.9 Å². The average Bonchev–Trinajstić information content (AvgIpc) is 2.45. The van der Waals surface area contributed by atoms with Crippen LogP contribution in [0.25, 0.3) is 0 Å². The molecule has 0 atom stereocenters. The van der Waals surface area contributed by atoms with Crippen LogP contribution in [0, 0.1) is 0 Å². The second-order valence-corrected chi connectivity index (χ2v) is 4.36. The first-order chi connectivity index (χ1) is 9.99. The van der Waals surface area contributed by atoms with Crippen LogP contribution in [0.3, 0.4) is 0 Å². The third-order valence-corrected chi connectivity index (χ3v) is 2.84. The highest BCUT2D eigenvalue weighted by molar-refractivity contribution is 6.04. The summed E-state index contributed by atoms with van der Waals surface area (Å²) in [5.41, 5.74) is 3.06. The van der Waals surface area contributed by atoms with Gasteiger partial charge in [0.15, 0.2) is 0 Å². The Balaban J connectivity index is 2.17. The van der Waals surface area contributed by atoms with Crippen molar-refractivity contribution < 1.29 is 20.1 Å². The molecule has 0 bridgehead atoms. The van der Waals surface area contributed by atoms with Gasteiger partial charge in [-0.25, -0.2) is 5.43 Å². The number of benzene rings is 2. The lowest BCUT2D eigenvalue weighted by Gasteiger charge is -2.07. The first kappa shape index (κ1) is 14.4. The van der Waals surface area contributed by atoms with E-state index < -0.39 is 5.91 Å². The molecule has 2 aromatic carbocycles. The molecule has 0 saturated carbocycles. The Hall–Kier alpha value is -3.02. The predicted octanol–water partition coefficient (Wildman–Crippen LogP) is 1.96. The first-order valence-corrected chi connectivity index (χ1v) is 6.14. The number of phenols is 3. The number of aromatic hydroxyl groups is 3. The fourth-order valence-electron chi connectivity index (χ4n) is 1.77. The summed E-state index contributed by atoms with van der Waals surface area (Å²) in [6.45, 7) is 1.55. The van der Waals surface area contributed by atoms with Crippen molar-refractivity contribution >= 4 is 11.6 Å². The van der Waals surface area contributed by atoms with Gasteiger partial charge in [-0.15, -0.1) is 0 Å². The van der Waals surface area contributed by atoms with Crippen molar-refractivity contribution in [3.8, 4) is 17.2 Å². The Kier molecular flexibility index (Phi) is 4.08. The minimum atomic E-state index is -0.468. The molecule has 6 heteroatoms. The fourth-order valence-corrected chi connectivity index (χ4v) is 1.77. The number of hydrogen-bond acceptors (Lipinski definition) is 5. The van der Waals surface area contributed by atoms with E-state index in [0.717, 1.165) is 0 Å². The monoisotopic (exact) mass is 286 g/mol. The van der Waals surface area contributed by atoms with Gasteiger partial charge in [0, 0.05) is 5.56 Å². The standard InChI is InChI=1S/C15H14N2O4/c1-9(14-12(19)3-2-4-13(14)20)16-17-15(21)10-5-7-11(18)8-6-10/h2-8,18-20H,1H3,(H,17,21). The minimum absolute atomic E-state index is 0.0605. The van der Waals surface area contributed by atoms with E-state index in [1.54, 1.807) is 6.92 Å².